The van der Waals surface area contributed by atoms with Crippen LogP contribution < -0.4 is 0 Å². The van der Waals surface area contributed by atoms with E-state index in [2.05, 4.69) is 17.2 Å². The predicted molar refractivity (Wildman–Crippen MR) is 57.8 cm³/mol. The van der Waals surface area contributed by atoms with E-state index in [0.29, 0.717) is 5.56 Å². The first-order valence-electron chi connectivity index (χ1n) is 4.39. The molecule has 0 bridgehead atoms. The fourth-order valence-electron chi connectivity index (χ4n) is 1.64. The fourth-order valence-corrected chi connectivity index (χ4v) is 1.86. The summed E-state index contributed by atoms with van der Waals surface area (Å²) in [7, 11) is 0. The van der Waals surface area contributed by atoms with E-state index in [-0.39, 0.29) is 12.0 Å². The van der Waals surface area contributed by atoms with E-state index in [0.717, 1.165) is 5.56 Å². The maximum Gasteiger partial charge on any atom is 0.260 e. The van der Waals surface area contributed by atoms with Crippen LogP contribution in [0.25, 0.3) is 0 Å². The van der Waals surface area contributed by atoms with Crippen LogP contribution in [0, 0.1) is 0 Å². The lowest BCUT2D eigenvalue weighted by Crippen LogP contribution is -2.44. The van der Waals surface area contributed by atoms with Crippen molar-refractivity contribution in [3.8, 4) is 0 Å². The smallest absolute Gasteiger partial charge is 0.260 e. The average molecular weight is 220 g/mol. The van der Waals surface area contributed by atoms with Crippen molar-refractivity contribution in [2.75, 3.05) is 0 Å². The third kappa shape index (κ3) is 1.44. The number of carbonyl (C=O) groups is 1. The van der Waals surface area contributed by atoms with E-state index in [4.69, 9.17) is 0 Å². The number of fused-ring (bicyclic) bond motifs is 1. The molecule has 1 aliphatic rings. The molecule has 1 aromatic rings. The summed E-state index contributed by atoms with van der Waals surface area (Å²) >= 11 is 4.54. The minimum absolute atomic E-state index is 0.0289. The summed E-state index contributed by atoms with van der Waals surface area (Å²) < 4.78 is 0. The van der Waals surface area contributed by atoms with Gasteiger partial charge < -0.3 is 10.2 Å². The lowest BCUT2D eigenvalue weighted by molar-refractivity contribution is -0.0931. The molecule has 3 nitrogen and oxygen atoms in total. The molecular formula is C11H8O3S. The largest absolute Gasteiger partial charge is 0.355 e. The summed E-state index contributed by atoms with van der Waals surface area (Å²) in [5.74, 6) is -3.23. The highest BCUT2D eigenvalue weighted by Gasteiger charge is 2.43. The Bertz CT molecular complexity index is 484. The van der Waals surface area contributed by atoms with Gasteiger partial charge in [-0.3, -0.25) is 4.79 Å². The van der Waals surface area contributed by atoms with E-state index in [1.807, 2.05) is 0 Å². The number of Topliss-reactive ketones (excluding diaryl/α,β-unsaturated/α-hetero) is 1. The van der Waals surface area contributed by atoms with Gasteiger partial charge in [0.05, 0.1) is 5.57 Å². The number of hydrogen-bond donors (Lipinski definition) is 2. The minimum Gasteiger partial charge on any atom is -0.355 e. The number of rotatable bonds is 0. The van der Waals surface area contributed by atoms with Crippen LogP contribution in [0.4, 0.5) is 0 Å². The van der Waals surface area contributed by atoms with Gasteiger partial charge in [0.1, 0.15) is 0 Å². The Labute approximate surface area is 91.7 Å². The molecule has 0 atom stereocenters. The standard InChI is InChI=1S/C11H8O3S/c12-10-9-4-2-1-3-7(9)5-8(6-15)11(10,13)14/h1-4,13-14H,5H2. The average Bonchev–Trinajstić information content (AvgIpc) is 2.23. The zero-order chi connectivity index (χ0) is 11.1. The molecule has 0 saturated carbocycles. The quantitative estimate of drug-likeness (QED) is 0.497. The zero-order valence-corrected chi connectivity index (χ0v) is 8.54. The molecular weight excluding hydrogens is 212 g/mol. The molecule has 15 heavy (non-hydrogen) atoms. The molecule has 0 saturated heterocycles. The van der Waals surface area contributed by atoms with Crippen LogP contribution in [0.1, 0.15) is 15.9 Å². The third-order valence-corrected chi connectivity index (χ3v) is 2.74. The maximum atomic E-state index is 11.7. The van der Waals surface area contributed by atoms with Crippen molar-refractivity contribution >= 4 is 23.0 Å². The van der Waals surface area contributed by atoms with E-state index < -0.39 is 11.6 Å². The highest BCUT2D eigenvalue weighted by Crippen LogP contribution is 2.29. The van der Waals surface area contributed by atoms with Crippen molar-refractivity contribution in [2.45, 2.75) is 12.2 Å². The summed E-state index contributed by atoms with van der Waals surface area (Å²) in [6, 6.07) is 6.79. The number of ketones is 1. The predicted octanol–water partition coefficient (Wildman–Crippen LogP) is 0.631. The van der Waals surface area contributed by atoms with Crippen LogP contribution in [0.5, 0.6) is 0 Å². The maximum absolute atomic E-state index is 11.7. The molecule has 0 heterocycles. The Kier molecular flexibility index (Phi) is 2.29. The third-order valence-electron chi connectivity index (χ3n) is 2.49. The van der Waals surface area contributed by atoms with E-state index in [1.54, 1.807) is 24.3 Å². The van der Waals surface area contributed by atoms with Crippen molar-refractivity contribution < 1.29 is 15.0 Å². The molecule has 4 heteroatoms. The lowest BCUT2D eigenvalue weighted by Gasteiger charge is -2.27. The second kappa shape index (κ2) is 3.36. The number of thiocarbonyl (C=S) groups is 1. The Morgan fingerprint density at radius 3 is 2.67 bits per heavy atom. The molecule has 1 aromatic carbocycles. The van der Waals surface area contributed by atoms with Crippen molar-refractivity contribution in [2.24, 2.45) is 0 Å². The van der Waals surface area contributed by atoms with Crippen LogP contribution in [0.3, 0.4) is 0 Å². The molecule has 1 aliphatic carbocycles. The number of aliphatic hydroxyl groups is 2. The molecule has 76 valence electrons. The Morgan fingerprint density at radius 1 is 1.33 bits per heavy atom. The van der Waals surface area contributed by atoms with Gasteiger partial charge >= 0.3 is 0 Å². The number of hydrogen-bond acceptors (Lipinski definition) is 4. The van der Waals surface area contributed by atoms with Gasteiger partial charge in [-0.05, 0) is 22.8 Å². The molecule has 2 N–H and O–H groups in total. The van der Waals surface area contributed by atoms with Gasteiger partial charge in [-0.1, -0.05) is 24.3 Å². The van der Waals surface area contributed by atoms with Gasteiger partial charge in [0.2, 0.25) is 5.78 Å². The molecule has 0 fully saturated rings. The van der Waals surface area contributed by atoms with Crippen LogP contribution in [0.2, 0.25) is 0 Å². The van der Waals surface area contributed by atoms with Crippen LogP contribution in [0.15, 0.2) is 29.8 Å². The van der Waals surface area contributed by atoms with E-state index >= 15 is 0 Å². The van der Waals surface area contributed by atoms with Gasteiger partial charge in [-0.2, -0.15) is 0 Å². The Hall–Kier alpha value is -1.32. The summed E-state index contributed by atoms with van der Waals surface area (Å²) in [5, 5.41) is 21.4. The van der Waals surface area contributed by atoms with Crippen molar-refractivity contribution in [1.29, 1.82) is 0 Å². The Balaban J connectivity index is 2.66. The van der Waals surface area contributed by atoms with Crippen LogP contribution in [-0.4, -0.2) is 26.8 Å². The normalized spacial score (nSPS) is 18.3. The lowest BCUT2D eigenvalue weighted by atomic mass is 9.83. The topological polar surface area (TPSA) is 57.5 Å². The van der Waals surface area contributed by atoms with Crippen molar-refractivity contribution in [3.63, 3.8) is 0 Å². The summed E-state index contributed by atoms with van der Waals surface area (Å²) in [6.45, 7) is 0. The number of carbonyl (C=O) groups excluding carboxylic acids is 1. The van der Waals surface area contributed by atoms with Crippen LogP contribution in [-0.2, 0) is 6.42 Å². The molecule has 0 aliphatic heterocycles. The number of benzene rings is 1. The minimum atomic E-state index is -2.49. The van der Waals surface area contributed by atoms with E-state index in [9.17, 15) is 15.0 Å². The first-order chi connectivity index (χ1) is 7.07. The monoisotopic (exact) mass is 220 g/mol. The van der Waals surface area contributed by atoms with Crippen LogP contribution >= 0.6 is 12.2 Å². The molecule has 0 unspecified atom stereocenters. The SMILES string of the molecule is O=C1c2ccccc2CC(=C=S)C1(O)O. The second-order valence-corrected chi connectivity index (χ2v) is 3.62. The summed E-state index contributed by atoms with van der Waals surface area (Å²) in [5.41, 5.74) is 1.10. The Morgan fingerprint density at radius 2 is 2.00 bits per heavy atom. The molecule has 0 amide bonds. The zero-order valence-electron chi connectivity index (χ0n) is 7.73. The molecule has 0 aromatic heterocycles. The van der Waals surface area contributed by atoms with E-state index in [1.165, 1.54) is 0 Å². The van der Waals surface area contributed by atoms with Gasteiger partial charge in [0, 0.05) is 12.0 Å². The molecule has 2 rings (SSSR count). The van der Waals surface area contributed by atoms with Gasteiger partial charge in [0.25, 0.3) is 5.79 Å². The van der Waals surface area contributed by atoms with Gasteiger partial charge in [-0.15, -0.1) is 0 Å². The first-order valence-corrected chi connectivity index (χ1v) is 4.80. The second-order valence-electron chi connectivity index (χ2n) is 3.42. The van der Waals surface area contributed by atoms with Crippen molar-refractivity contribution in [3.05, 3.63) is 41.0 Å². The molecule has 0 spiro atoms. The first kappa shape index (κ1) is 10.2. The summed E-state index contributed by atoms with van der Waals surface area (Å²) in [4.78, 5) is 11.7. The molecule has 0 radical (unpaired) electrons. The fraction of sp³-hybridized carbons (Fsp3) is 0.182. The summed E-state index contributed by atoms with van der Waals surface area (Å²) in [6.07, 6.45) is 0.248. The van der Waals surface area contributed by atoms with Gasteiger partial charge in [0.15, 0.2) is 0 Å². The highest BCUT2D eigenvalue weighted by molar-refractivity contribution is 7.78. The van der Waals surface area contributed by atoms with Crippen molar-refractivity contribution in [1.82, 2.24) is 0 Å². The highest BCUT2D eigenvalue weighted by atomic mass is 32.1. The van der Waals surface area contributed by atoms with Gasteiger partial charge in [-0.25, -0.2) is 0 Å².